The van der Waals surface area contributed by atoms with Gasteiger partial charge in [0.05, 0.1) is 23.8 Å². The van der Waals surface area contributed by atoms with Crippen molar-refractivity contribution in [1.82, 2.24) is 4.31 Å². The third-order valence-electron chi connectivity index (χ3n) is 4.43. The Morgan fingerprint density at radius 1 is 0.862 bits per heavy atom. The highest BCUT2D eigenvalue weighted by molar-refractivity contribution is 7.89. The summed E-state index contributed by atoms with van der Waals surface area (Å²) in [6.07, 6.45) is 1.22. The van der Waals surface area contributed by atoms with Gasteiger partial charge in [-0.1, -0.05) is 24.3 Å². The maximum atomic E-state index is 12.6. The number of carbonyl (C=O) groups is 2. The molecule has 0 fully saturated rings. The highest BCUT2D eigenvalue weighted by Gasteiger charge is 2.26. The molecule has 0 spiro atoms. The Labute approximate surface area is 168 Å². The van der Waals surface area contributed by atoms with Crippen LogP contribution in [0.4, 0.5) is 5.69 Å². The minimum absolute atomic E-state index is 0.0182. The highest BCUT2D eigenvalue weighted by Crippen LogP contribution is 2.24. The van der Waals surface area contributed by atoms with Crippen LogP contribution in [0.25, 0.3) is 0 Å². The normalized spacial score (nSPS) is 14.0. The molecule has 8 nitrogen and oxygen atoms in total. The topological polar surface area (TPSA) is 124 Å². The number of rotatable bonds is 8. The summed E-state index contributed by atoms with van der Waals surface area (Å²) in [4.78, 5) is 24.8. The Balaban J connectivity index is 1.81. The number of hydrogen-bond donors (Lipinski definition) is 3. The van der Waals surface area contributed by atoms with E-state index in [9.17, 15) is 18.0 Å². The fourth-order valence-corrected chi connectivity index (χ4v) is 4.42. The molecule has 0 saturated heterocycles. The molecule has 1 aliphatic carbocycles. The monoisotopic (exact) mass is 416 g/mol. The SMILES string of the molecule is O=C1C=C(Nc2ccc(S(=O)(=O)N(CCO)CCO)cc2)C(=O)c2ccccc21. The van der Waals surface area contributed by atoms with Crippen molar-refractivity contribution in [3.63, 3.8) is 0 Å². The first-order valence-corrected chi connectivity index (χ1v) is 10.3. The van der Waals surface area contributed by atoms with Crippen molar-refractivity contribution in [2.45, 2.75) is 4.90 Å². The predicted octanol–water partition coefficient (Wildman–Crippen LogP) is 1.04. The molecule has 152 valence electrons. The van der Waals surface area contributed by atoms with Gasteiger partial charge in [0.2, 0.25) is 15.8 Å². The van der Waals surface area contributed by atoms with Crippen molar-refractivity contribution in [1.29, 1.82) is 0 Å². The number of aliphatic hydroxyl groups is 2. The number of fused-ring (bicyclic) bond motifs is 1. The Kier molecular flexibility index (Phi) is 6.23. The van der Waals surface area contributed by atoms with Crippen LogP contribution in [0.2, 0.25) is 0 Å². The quantitative estimate of drug-likeness (QED) is 0.587. The summed E-state index contributed by atoms with van der Waals surface area (Å²) in [7, 11) is -3.88. The lowest BCUT2D eigenvalue weighted by Crippen LogP contribution is -2.35. The second-order valence-corrected chi connectivity index (χ2v) is 8.24. The Morgan fingerprint density at radius 3 is 2.03 bits per heavy atom. The van der Waals surface area contributed by atoms with Crippen LogP contribution in [0.15, 0.2) is 65.2 Å². The van der Waals surface area contributed by atoms with Gasteiger partial charge in [0.1, 0.15) is 0 Å². The molecule has 9 heteroatoms. The number of allylic oxidation sites excluding steroid dienone is 2. The summed E-state index contributed by atoms with van der Waals surface area (Å²) >= 11 is 0. The van der Waals surface area contributed by atoms with Gasteiger partial charge in [-0.05, 0) is 24.3 Å². The number of hydrogen-bond acceptors (Lipinski definition) is 7. The smallest absolute Gasteiger partial charge is 0.243 e. The fourth-order valence-electron chi connectivity index (χ4n) is 3.00. The molecule has 0 bridgehead atoms. The summed E-state index contributed by atoms with van der Waals surface area (Å²) < 4.78 is 26.2. The second kappa shape index (κ2) is 8.66. The van der Waals surface area contributed by atoms with E-state index < -0.39 is 10.0 Å². The molecular formula is C20H20N2O6S. The molecule has 0 saturated carbocycles. The zero-order valence-electron chi connectivity index (χ0n) is 15.4. The zero-order valence-corrected chi connectivity index (χ0v) is 16.2. The maximum absolute atomic E-state index is 12.6. The molecule has 2 aromatic carbocycles. The molecule has 29 heavy (non-hydrogen) atoms. The van der Waals surface area contributed by atoms with Gasteiger partial charge >= 0.3 is 0 Å². The van der Waals surface area contributed by atoms with E-state index >= 15 is 0 Å². The molecule has 2 aromatic rings. The summed E-state index contributed by atoms with van der Waals surface area (Å²) in [5, 5.41) is 21.0. The van der Waals surface area contributed by atoms with Crippen molar-refractivity contribution in [3.05, 3.63) is 71.4 Å². The lowest BCUT2D eigenvalue weighted by atomic mass is 9.92. The summed E-state index contributed by atoms with van der Waals surface area (Å²) in [5.41, 5.74) is 1.20. The van der Waals surface area contributed by atoms with Crippen LogP contribution < -0.4 is 5.32 Å². The van der Waals surface area contributed by atoms with Crippen LogP contribution in [-0.2, 0) is 10.0 Å². The molecule has 3 rings (SSSR count). The number of anilines is 1. The lowest BCUT2D eigenvalue weighted by Gasteiger charge is -2.20. The van der Waals surface area contributed by atoms with Crippen molar-refractivity contribution in [2.24, 2.45) is 0 Å². The van der Waals surface area contributed by atoms with Crippen LogP contribution in [0.3, 0.4) is 0 Å². The first kappa shape index (κ1) is 20.9. The second-order valence-electron chi connectivity index (χ2n) is 6.30. The number of carbonyl (C=O) groups excluding carboxylic acids is 2. The third-order valence-corrected chi connectivity index (χ3v) is 6.34. The summed E-state index contributed by atoms with van der Waals surface area (Å²) in [5.74, 6) is -0.612. The van der Waals surface area contributed by atoms with E-state index in [4.69, 9.17) is 10.2 Å². The van der Waals surface area contributed by atoms with Crippen molar-refractivity contribution >= 4 is 27.3 Å². The van der Waals surface area contributed by atoms with Gasteiger partial charge in [0, 0.05) is 36.0 Å². The maximum Gasteiger partial charge on any atom is 0.243 e. The van der Waals surface area contributed by atoms with E-state index in [1.54, 1.807) is 24.3 Å². The van der Waals surface area contributed by atoms with Crippen LogP contribution in [-0.4, -0.2) is 60.8 Å². The lowest BCUT2D eigenvalue weighted by molar-refractivity contribution is 0.0985. The minimum Gasteiger partial charge on any atom is -0.395 e. The van der Waals surface area contributed by atoms with Gasteiger partial charge in [-0.15, -0.1) is 0 Å². The summed E-state index contributed by atoms with van der Waals surface area (Å²) in [6.45, 7) is -1.01. The molecule has 3 N–H and O–H groups in total. The Morgan fingerprint density at radius 2 is 1.45 bits per heavy atom. The van der Waals surface area contributed by atoms with E-state index in [0.717, 1.165) is 4.31 Å². The van der Waals surface area contributed by atoms with Gasteiger partial charge in [0.15, 0.2) is 5.78 Å². The predicted molar refractivity (Wildman–Crippen MR) is 106 cm³/mol. The van der Waals surface area contributed by atoms with E-state index in [1.165, 1.54) is 30.3 Å². The Bertz CT molecular complexity index is 1050. The molecule has 0 aromatic heterocycles. The number of sulfonamides is 1. The first-order chi connectivity index (χ1) is 13.9. The zero-order chi connectivity index (χ0) is 21.0. The van der Waals surface area contributed by atoms with Gasteiger partial charge < -0.3 is 15.5 Å². The number of aliphatic hydroxyl groups excluding tert-OH is 2. The standard InChI is InChI=1S/C20H20N2O6S/c23-11-9-22(10-12-24)29(27,28)15-7-5-14(6-8-15)21-18-13-19(25)16-3-1-2-4-17(16)20(18)26/h1-8,13,21,23-24H,9-12H2. The van der Waals surface area contributed by atoms with Gasteiger partial charge in [0.25, 0.3) is 0 Å². The third kappa shape index (κ3) is 4.28. The molecular weight excluding hydrogens is 396 g/mol. The minimum atomic E-state index is -3.88. The molecule has 1 aliphatic rings. The van der Waals surface area contributed by atoms with E-state index in [0.29, 0.717) is 16.8 Å². The van der Waals surface area contributed by atoms with Crippen molar-refractivity contribution in [3.8, 4) is 0 Å². The van der Waals surface area contributed by atoms with E-state index in [-0.39, 0.29) is 48.5 Å². The van der Waals surface area contributed by atoms with Crippen molar-refractivity contribution < 1.29 is 28.2 Å². The molecule has 0 unspecified atom stereocenters. The first-order valence-electron chi connectivity index (χ1n) is 8.87. The molecule has 0 amide bonds. The van der Waals surface area contributed by atoms with Crippen molar-refractivity contribution in [2.75, 3.05) is 31.6 Å². The van der Waals surface area contributed by atoms with Gasteiger partial charge in [-0.2, -0.15) is 4.31 Å². The van der Waals surface area contributed by atoms with Crippen LogP contribution in [0.5, 0.6) is 0 Å². The average molecular weight is 416 g/mol. The summed E-state index contributed by atoms with van der Waals surface area (Å²) in [6, 6.07) is 12.2. The van der Waals surface area contributed by atoms with E-state index in [1.807, 2.05) is 0 Å². The molecule has 0 heterocycles. The van der Waals surface area contributed by atoms with Crippen LogP contribution in [0, 0.1) is 0 Å². The number of nitrogens with one attached hydrogen (secondary N) is 1. The van der Waals surface area contributed by atoms with Gasteiger partial charge in [-0.25, -0.2) is 8.42 Å². The molecule has 0 aliphatic heterocycles. The Hall–Kier alpha value is -2.85. The van der Waals surface area contributed by atoms with Gasteiger partial charge in [-0.3, -0.25) is 9.59 Å². The van der Waals surface area contributed by atoms with E-state index in [2.05, 4.69) is 5.32 Å². The van der Waals surface area contributed by atoms with Crippen LogP contribution >= 0.6 is 0 Å². The highest BCUT2D eigenvalue weighted by atomic mass is 32.2. The van der Waals surface area contributed by atoms with Crippen LogP contribution in [0.1, 0.15) is 20.7 Å². The number of ketones is 2. The largest absolute Gasteiger partial charge is 0.395 e. The fraction of sp³-hybridized carbons (Fsp3) is 0.200. The molecule has 0 radical (unpaired) electrons. The number of nitrogens with zero attached hydrogens (tertiary/aromatic N) is 1. The number of Topliss-reactive ketones (excluding diaryl/α,β-unsaturated/α-hetero) is 1. The number of benzene rings is 2. The molecule has 0 atom stereocenters. The average Bonchev–Trinajstić information content (AvgIpc) is 2.72.